The highest BCUT2D eigenvalue weighted by Gasteiger charge is 2.11. The number of rotatable bonds is 9. The Balaban J connectivity index is 0.000000383. The molecule has 0 spiro atoms. The maximum Gasteiger partial charge on any atom is 0.369 e. The smallest absolute Gasteiger partial charge is 0.369 e. The van der Waals surface area contributed by atoms with Gasteiger partial charge in [0.1, 0.15) is 10.3 Å². The van der Waals surface area contributed by atoms with E-state index in [2.05, 4.69) is 71.1 Å². The van der Waals surface area contributed by atoms with Gasteiger partial charge in [-0.15, -0.1) is 70.5 Å². The Morgan fingerprint density at radius 3 is 1.54 bits per heavy atom. The van der Waals surface area contributed by atoms with E-state index in [0.29, 0.717) is 33.8 Å². The van der Waals surface area contributed by atoms with Gasteiger partial charge >= 0.3 is 3.18 Å². The van der Waals surface area contributed by atoms with Gasteiger partial charge in [-0.05, 0) is 72.5 Å². The van der Waals surface area contributed by atoms with E-state index in [1.54, 1.807) is 43.5 Å². The molecule has 0 radical (unpaired) electrons. The second kappa shape index (κ2) is 23.5. The van der Waals surface area contributed by atoms with Crippen molar-refractivity contribution in [1.29, 1.82) is 0 Å². The molecular formula is C30H34BBr3Cl4N4O4. The number of nitrogens with two attached hydrogens (primary N) is 2. The summed E-state index contributed by atoms with van der Waals surface area (Å²) in [7, 11) is 1.60. The number of aryl methyl sites for hydroxylation is 2. The molecule has 250 valence electrons. The van der Waals surface area contributed by atoms with E-state index in [1.807, 2.05) is 24.3 Å². The number of aromatic hydroxyl groups is 1. The van der Waals surface area contributed by atoms with E-state index >= 15 is 0 Å². The van der Waals surface area contributed by atoms with Gasteiger partial charge in [0.2, 0.25) is 11.8 Å². The van der Waals surface area contributed by atoms with E-state index in [-0.39, 0.29) is 31.2 Å². The van der Waals surface area contributed by atoms with Gasteiger partial charge in [0, 0.05) is 0 Å². The van der Waals surface area contributed by atoms with Crippen LogP contribution in [0.25, 0.3) is 0 Å². The fraction of sp³-hybridized carbons (Fsp3) is 0.267. The predicted octanol–water partition coefficient (Wildman–Crippen LogP) is 11.4. The van der Waals surface area contributed by atoms with Crippen molar-refractivity contribution >= 4 is 108 Å². The average molecular weight is 907 g/mol. The molecule has 4 rings (SSSR count). The van der Waals surface area contributed by atoms with Crippen LogP contribution in [0, 0.1) is 0 Å². The summed E-state index contributed by atoms with van der Waals surface area (Å²) in [5.74, 6) is 2.05. The molecule has 4 aromatic rings. The summed E-state index contributed by atoms with van der Waals surface area (Å²) < 4.78 is 16.8. The summed E-state index contributed by atoms with van der Waals surface area (Å²) in [6.45, 7) is 4.21. The summed E-state index contributed by atoms with van der Waals surface area (Å²) in [4.78, 5) is 8.04. The first kappa shape index (κ1) is 42.2. The predicted molar refractivity (Wildman–Crippen MR) is 206 cm³/mol. The molecule has 0 aliphatic rings. The Labute approximate surface area is 315 Å². The molecule has 0 saturated carbocycles. The first-order valence-electron chi connectivity index (χ1n) is 13.6. The number of phenols is 1. The van der Waals surface area contributed by atoms with Gasteiger partial charge in [0.05, 0.1) is 23.8 Å². The molecule has 46 heavy (non-hydrogen) atoms. The van der Waals surface area contributed by atoms with Gasteiger partial charge in [0.15, 0.2) is 23.0 Å². The van der Waals surface area contributed by atoms with Gasteiger partial charge in [-0.25, -0.2) is 0 Å². The molecule has 0 amide bonds. The summed E-state index contributed by atoms with van der Waals surface area (Å²) in [5.41, 5.74) is 14.6. The lowest BCUT2D eigenvalue weighted by Gasteiger charge is -2.12. The summed E-state index contributed by atoms with van der Waals surface area (Å²) in [6, 6.07) is 17.5. The minimum Gasteiger partial charge on any atom is -0.504 e. The minimum absolute atomic E-state index is 0.0622. The molecule has 2 aromatic heterocycles. The number of halogens is 7. The highest BCUT2D eigenvalue weighted by molar-refractivity contribution is 9.69. The molecule has 0 bridgehead atoms. The van der Waals surface area contributed by atoms with E-state index in [0.717, 1.165) is 31.2 Å². The monoisotopic (exact) mass is 902 g/mol. The van der Waals surface area contributed by atoms with Crippen LogP contribution in [-0.4, -0.2) is 30.7 Å². The van der Waals surface area contributed by atoms with Crippen molar-refractivity contribution in [2.24, 2.45) is 0 Å². The van der Waals surface area contributed by atoms with Crippen LogP contribution in [0.5, 0.6) is 34.8 Å². The second-order valence-electron chi connectivity index (χ2n) is 8.90. The molecule has 2 heterocycles. The van der Waals surface area contributed by atoms with E-state index in [4.69, 9.17) is 72.1 Å². The largest absolute Gasteiger partial charge is 0.504 e. The van der Waals surface area contributed by atoms with Crippen molar-refractivity contribution in [2.75, 3.05) is 23.9 Å². The van der Waals surface area contributed by atoms with Crippen LogP contribution < -0.4 is 25.7 Å². The fourth-order valence-electron chi connectivity index (χ4n) is 3.56. The third kappa shape index (κ3) is 16.3. The van der Waals surface area contributed by atoms with Gasteiger partial charge < -0.3 is 30.8 Å². The number of nitrogens with zero attached hydrogens (tertiary/aromatic N) is 2. The normalized spacial score (nSPS) is 9.78. The van der Waals surface area contributed by atoms with Gasteiger partial charge in [-0.1, -0.05) is 62.0 Å². The Hall–Kier alpha value is -1.80. The zero-order valence-electron chi connectivity index (χ0n) is 25.3. The number of benzene rings is 2. The third-order valence-corrected chi connectivity index (χ3v) is 5.87. The molecule has 0 aliphatic carbocycles. The third-order valence-electron chi connectivity index (χ3n) is 5.45. The first-order valence-corrected chi connectivity index (χ1v) is 18.2. The molecule has 0 saturated heterocycles. The Morgan fingerprint density at radius 1 is 0.717 bits per heavy atom. The van der Waals surface area contributed by atoms with Crippen molar-refractivity contribution in [3.8, 4) is 34.8 Å². The number of methoxy groups -OCH3 is 1. The summed E-state index contributed by atoms with van der Waals surface area (Å²) in [5, 5.41) is 10.7. The summed E-state index contributed by atoms with van der Waals surface area (Å²) in [6.07, 6.45) is 3.99. The highest BCUT2D eigenvalue weighted by Crippen LogP contribution is 2.35. The Kier molecular flexibility index (Phi) is 21.6. The first-order chi connectivity index (χ1) is 21.9. The lowest BCUT2D eigenvalue weighted by Crippen LogP contribution is -1.97. The van der Waals surface area contributed by atoms with Gasteiger partial charge in [-0.3, -0.25) is 0 Å². The highest BCUT2D eigenvalue weighted by atomic mass is 79.9. The molecule has 8 nitrogen and oxygen atoms in total. The molecule has 16 heteroatoms. The maximum absolute atomic E-state index is 9.91. The van der Waals surface area contributed by atoms with E-state index in [1.165, 1.54) is 5.56 Å². The standard InChI is InChI=1S/C15H17ClN2O2.C14H15ClN2O2.CH2Cl2.BBr3/c1-3-4-10-5-7-12(13(9-10)19-2)20-15-11(17)6-8-14(16)18-15;1-2-3-9-4-6-12(11(18)8-9)19-14-10(16)5-7-13(15)17-14;2-1-3;2-1(3)4/h5-9H,3-4,17H2,1-2H3;4-8,18H,2-3,16H2,1H3;1H2;. The van der Waals surface area contributed by atoms with Crippen LogP contribution >= 0.6 is 93.7 Å². The van der Waals surface area contributed by atoms with Crippen molar-refractivity contribution < 1.29 is 19.3 Å². The SMILES string of the molecule is BrB(Br)Br.CCCc1ccc(Oc2nc(Cl)ccc2N)c(O)c1.CCCc1ccc(Oc2nc(Cl)ccc2N)c(OC)c1.ClCCl. The lowest BCUT2D eigenvalue weighted by atomic mass is 10.1. The Bertz CT molecular complexity index is 1490. The lowest BCUT2D eigenvalue weighted by molar-refractivity contribution is 0.374. The molecule has 0 unspecified atom stereocenters. The fourth-order valence-corrected chi connectivity index (χ4v) is 3.84. The number of pyridine rings is 2. The number of nitrogen functional groups attached to an aromatic ring is 2. The number of ether oxygens (including phenoxy) is 3. The molecule has 2 aromatic carbocycles. The molecule has 0 aliphatic heterocycles. The van der Waals surface area contributed by atoms with Crippen molar-refractivity contribution in [3.63, 3.8) is 0 Å². The zero-order valence-corrected chi connectivity index (χ0v) is 33.0. The van der Waals surface area contributed by atoms with E-state index in [9.17, 15) is 5.11 Å². The van der Waals surface area contributed by atoms with Crippen LogP contribution in [0.1, 0.15) is 37.8 Å². The van der Waals surface area contributed by atoms with Crippen molar-refractivity contribution in [3.05, 3.63) is 82.1 Å². The minimum atomic E-state index is 0.0622. The number of aromatic nitrogens is 2. The number of hydrogen-bond acceptors (Lipinski definition) is 8. The Morgan fingerprint density at radius 2 is 1.13 bits per heavy atom. The number of anilines is 2. The van der Waals surface area contributed by atoms with Gasteiger partial charge in [-0.2, -0.15) is 9.97 Å². The number of phenolic OH excluding ortho intramolecular Hbond substituents is 1. The molecule has 0 fully saturated rings. The molecule has 5 N–H and O–H groups in total. The van der Waals surface area contributed by atoms with Crippen LogP contribution in [0.2, 0.25) is 10.3 Å². The van der Waals surface area contributed by atoms with Crippen LogP contribution in [0.4, 0.5) is 11.4 Å². The zero-order chi connectivity index (χ0) is 34.6. The molecule has 0 atom stereocenters. The van der Waals surface area contributed by atoms with Crippen molar-refractivity contribution in [2.45, 2.75) is 39.5 Å². The van der Waals surface area contributed by atoms with Crippen LogP contribution in [0.3, 0.4) is 0 Å². The number of hydrogen-bond donors (Lipinski definition) is 3. The van der Waals surface area contributed by atoms with Crippen LogP contribution in [0.15, 0.2) is 60.7 Å². The quantitative estimate of drug-likeness (QED) is 0.0861. The maximum atomic E-state index is 9.91. The number of alkyl halides is 2. The average Bonchev–Trinajstić information content (AvgIpc) is 2.99. The van der Waals surface area contributed by atoms with Crippen molar-refractivity contribution in [1.82, 2.24) is 9.97 Å². The second-order valence-corrected chi connectivity index (χ2v) is 16.9. The topological polar surface area (TPSA) is 126 Å². The molecular weight excluding hydrogens is 873 g/mol. The summed E-state index contributed by atoms with van der Waals surface area (Å²) >= 11 is 30.5. The van der Waals surface area contributed by atoms with E-state index < -0.39 is 0 Å². The van der Waals surface area contributed by atoms with Gasteiger partial charge in [0.25, 0.3) is 0 Å². The van der Waals surface area contributed by atoms with Crippen LogP contribution in [-0.2, 0) is 12.8 Å².